The highest BCUT2D eigenvalue weighted by atomic mass is 16.7. The van der Waals surface area contributed by atoms with Crippen molar-refractivity contribution in [2.75, 3.05) is 25.8 Å². The number of anilines is 1. The van der Waals surface area contributed by atoms with Crippen LogP contribution in [0.2, 0.25) is 0 Å². The summed E-state index contributed by atoms with van der Waals surface area (Å²) < 4.78 is 16.2. The van der Waals surface area contributed by atoms with Gasteiger partial charge < -0.3 is 29.4 Å². The van der Waals surface area contributed by atoms with Gasteiger partial charge in [0, 0.05) is 23.6 Å². The smallest absolute Gasteiger partial charge is 0.322 e. The second-order valence-corrected chi connectivity index (χ2v) is 8.20. The SMILES string of the molecule is COc1ccccc1NC(=O)N(CCc1ccccc1)Cc1cc2cc3c(cc2[nH]c1=O)OCO3. The van der Waals surface area contributed by atoms with Gasteiger partial charge in [-0.2, -0.15) is 0 Å². The zero-order chi connectivity index (χ0) is 24.2. The first-order valence-electron chi connectivity index (χ1n) is 11.3. The average Bonchev–Trinajstić information content (AvgIpc) is 3.33. The number of methoxy groups -OCH3 is 1. The van der Waals surface area contributed by atoms with Gasteiger partial charge in [-0.3, -0.25) is 4.79 Å². The molecule has 0 bridgehead atoms. The van der Waals surface area contributed by atoms with Gasteiger partial charge >= 0.3 is 6.03 Å². The maximum Gasteiger partial charge on any atom is 0.322 e. The van der Waals surface area contributed by atoms with Gasteiger partial charge in [0.1, 0.15) is 5.75 Å². The fourth-order valence-electron chi connectivity index (χ4n) is 4.07. The summed E-state index contributed by atoms with van der Waals surface area (Å²) in [5.74, 6) is 1.79. The van der Waals surface area contributed by atoms with Gasteiger partial charge in [-0.15, -0.1) is 0 Å². The number of rotatable bonds is 7. The second-order valence-electron chi connectivity index (χ2n) is 8.20. The third kappa shape index (κ3) is 4.91. The number of urea groups is 1. The topological polar surface area (TPSA) is 92.9 Å². The lowest BCUT2D eigenvalue weighted by molar-refractivity contribution is 0.174. The summed E-state index contributed by atoms with van der Waals surface area (Å²) in [4.78, 5) is 30.8. The summed E-state index contributed by atoms with van der Waals surface area (Å²) in [5.41, 5.74) is 2.52. The molecule has 3 aromatic carbocycles. The number of ether oxygens (including phenoxy) is 3. The Hall–Kier alpha value is -4.46. The van der Waals surface area contributed by atoms with E-state index in [9.17, 15) is 9.59 Å². The van der Waals surface area contributed by atoms with Gasteiger partial charge in [0.25, 0.3) is 5.56 Å². The van der Waals surface area contributed by atoms with E-state index in [1.54, 1.807) is 36.3 Å². The number of amides is 2. The number of pyridine rings is 1. The van der Waals surface area contributed by atoms with Gasteiger partial charge in [0.15, 0.2) is 11.5 Å². The lowest BCUT2D eigenvalue weighted by atomic mass is 10.1. The molecule has 0 unspecified atom stereocenters. The monoisotopic (exact) mass is 471 g/mol. The van der Waals surface area contributed by atoms with Crippen LogP contribution in [0.5, 0.6) is 17.2 Å². The van der Waals surface area contributed by atoms with Crippen LogP contribution in [-0.4, -0.2) is 36.4 Å². The van der Waals surface area contributed by atoms with Crippen molar-refractivity contribution in [1.29, 1.82) is 0 Å². The van der Waals surface area contributed by atoms with Gasteiger partial charge in [-0.25, -0.2) is 4.79 Å². The van der Waals surface area contributed by atoms with E-state index < -0.39 is 0 Å². The van der Waals surface area contributed by atoms with E-state index in [4.69, 9.17) is 14.2 Å². The highest BCUT2D eigenvalue weighted by Gasteiger charge is 2.19. The molecule has 0 atom stereocenters. The van der Waals surface area contributed by atoms with Gasteiger partial charge in [0.05, 0.1) is 24.9 Å². The van der Waals surface area contributed by atoms with Crippen LogP contribution in [0.15, 0.2) is 77.6 Å². The summed E-state index contributed by atoms with van der Waals surface area (Å²) in [6.07, 6.45) is 0.643. The van der Waals surface area contributed by atoms with E-state index >= 15 is 0 Å². The number of aromatic nitrogens is 1. The van der Waals surface area contributed by atoms with Crippen LogP contribution in [0.25, 0.3) is 10.9 Å². The number of benzene rings is 3. The molecule has 178 valence electrons. The lowest BCUT2D eigenvalue weighted by Crippen LogP contribution is -2.37. The van der Waals surface area contributed by atoms with Gasteiger partial charge in [-0.1, -0.05) is 42.5 Å². The van der Waals surface area contributed by atoms with Crippen LogP contribution in [0.1, 0.15) is 11.1 Å². The Morgan fingerprint density at radius 2 is 1.77 bits per heavy atom. The fraction of sp³-hybridized carbons (Fsp3) is 0.185. The van der Waals surface area contributed by atoms with Crippen molar-refractivity contribution in [1.82, 2.24) is 9.88 Å². The molecule has 1 aromatic heterocycles. The fourth-order valence-corrected chi connectivity index (χ4v) is 4.07. The third-order valence-electron chi connectivity index (χ3n) is 5.92. The van der Waals surface area contributed by atoms with Gasteiger partial charge in [-0.05, 0) is 36.2 Å². The standard InChI is InChI=1S/C27H25N3O5/c1-33-23-10-6-5-9-21(23)29-27(32)30(12-11-18-7-3-2-4-8-18)16-20-13-19-14-24-25(35-17-34-24)15-22(19)28-26(20)31/h2-10,13-15H,11-12,16-17H2,1H3,(H,28,31)(H,29,32). The Balaban J connectivity index is 1.43. The largest absolute Gasteiger partial charge is 0.495 e. The Morgan fingerprint density at radius 3 is 2.57 bits per heavy atom. The molecular weight excluding hydrogens is 446 g/mol. The Bertz CT molecular complexity index is 1420. The van der Waals surface area contributed by atoms with Crippen molar-refractivity contribution >= 4 is 22.6 Å². The normalized spacial score (nSPS) is 11.9. The van der Waals surface area contributed by atoms with E-state index in [0.29, 0.717) is 47.0 Å². The zero-order valence-electron chi connectivity index (χ0n) is 19.2. The summed E-state index contributed by atoms with van der Waals surface area (Å²) in [6, 6.07) is 22.2. The summed E-state index contributed by atoms with van der Waals surface area (Å²) in [6.45, 7) is 0.705. The number of H-pyrrole nitrogens is 1. The Kier molecular flexibility index (Phi) is 6.26. The first-order chi connectivity index (χ1) is 17.1. The number of hydrogen-bond donors (Lipinski definition) is 2. The molecule has 1 aliphatic heterocycles. The summed E-state index contributed by atoms with van der Waals surface area (Å²) >= 11 is 0. The lowest BCUT2D eigenvalue weighted by Gasteiger charge is -2.24. The van der Waals surface area contributed by atoms with Crippen LogP contribution < -0.4 is 25.1 Å². The predicted octanol–water partition coefficient (Wildman–Crippen LogP) is 4.54. The predicted molar refractivity (Wildman–Crippen MR) is 133 cm³/mol. The first kappa shape index (κ1) is 22.3. The number of nitrogens with one attached hydrogen (secondary N) is 2. The number of carbonyl (C=O) groups is 1. The molecule has 0 saturated heterocycles. The highest BCUT2D eigenvalue weighted by Crippen LogP contribution is 2.35. The van der Waals surface area contributed by atoms with E-state index in [1.165, 1.54) is 0 Å². The van der Waals surface area contributed by atoms with Crippen LogP contribution >= 0.6 is 0 Å². The number of hydrogen-bond acceptors (Lipinski definition) is 5. The number of para-hydroxylation sites is 2. The number of aromatic amines is 1. The molecule has 0 aliphatic carbocycles. The van der Waals surface area contributed by atoms with Crippen molar-refractivity contribution < 1.29 is 19.0 Å². The minimum absolute atomic E-state index is 0.132. The molecule has 5 rings (SSSR count). The second kappa shape index (κ2) is 9.80. The molecule has 0 radical (unpaired) electrons. The van der Waals surface area contributed by atoms with Crippen molar-refractivity contribution in [3.8, 4) is 17.2 Å². The third-order valence-corrected chi connectivity index (χ3v) is 5.92. The number of fused-ring (bicyclic) bond motifs is 2. The molecule has 8 nitrogen and oxygen atoms in total. The minimum Gasteiger partial charge on any atom is -0.495 e. The van der Waals surface area contributed by atoms with Crippen LogP contribution in [0.4, 0.5) is 10.5 Å². The quantitative estimate of drug-likeness (QED) is 0.413. The zero-order valence-corrected chi connectivity index (χ0v) is 19.2. The molecule has 8 heteroatoms. The molecular formula is C27H25N3O5. The number of carbonyl (C=O) groups excluding carboxylic acids is 1. The minimum atomic E-state index is -0.324. The van der Waals surface area contributed by atoms with Crippen molar-refractivity contribution in [2.45, 2.75) is 13.0 Å². The van der Waals surface area contributed by atoms with E-state index in [0.717, 1.165) is 10.9 Å². The molecule has 2 heterocycles. The maximum atomic E-state index is 13.3. The Labute approximate surface area is 202 Å². The van der Waals surface area contributed by atoms with E-state index in [2.05, 4.69) is 10.3 Å². The molecule has 2 amide bonds. The van der Waals surface area contributed by atoms with Crippen molar-refractivity contribution in [3.63, 3.8) is 0 Å². The molecule has 0 spiro atoms. The van der Waals surface area contributed by atoms with E-state index in [-0.39, 0.29) is 24.9 Å². The molecule has 35 heavy (non-hydrogen) atoms. The molecule has 4 aromatic rings. The highest BCUT2D eigenvalue weighted by molar-refractivity contribution is 5.91. The molecule has 0 saturated carbocycles. The number of nitrogens with zero attached hydrogens (tertiary/aromatic N) is 1. The molecule has 0 fully saturated rings. The average molecular weight is 472 g/mol. The van der Waals surface area contributed by atoms with E-state index in [1.807, 2.05) is 48.5 Å². The van der Waals surface area contributed by atoms with Crippen molar-refractivity contribution in [2.24, 2.45) is 0 Å². The molecule has 2 N–H and O–H groups in total. The van der Waals surface area contributed by atoms with Crippen LogP contribution in [-0.2, 0) is 13.0 Å². The molecule has 1 aliphatic rings. The summed E-state index contributed by atoms with van der Waals surface area (Å²) in [5, 5.41) is 3.72. The van der Waals surface area contributed by atoms with Crippen LogP contribution in [0, 0.1) is 0 Å². The van der Waals surface area contributed by atoms with Crippen molar-refractivity contribution in [3.05, 3.63) is 94.3 Å². The summed E-state index contributed by atoms with van der Waals surface area (Å²) in [7, 11) is 1.55. The van der Waals surface area contributed by atoms with Gasteiger partial charge in [0.2, 0.25) is 6.79 Å². The van der Waals surface area contributed by atoms with Crippen LogP contribution in [0.3, 0.4) is 0 Å². The first-order valence-corrected chi connectivity index (χ1v) is 11.3. The Morgan fingerprint density at radius 1 is 1.03 bits per heavy atom. The maximum absolute atomic E-state index is 13.3.